The molecule has 0 atom stereocenters. The maximum Gasteiger partial charge on any atom is 0.261 e. The molecule has 2 N–H and O–H groups in total. The standard InChI is InChI=1S/C19H17BrN2O3/c1-25-17-11-14(10-16(20)18(17)23)9-15(12-21)19(24)22-8-7-13-5-3-2-4-6-13/h2-6,9-11,23H,7-8H2,1H3,(H,22,24)/b15-9+. The van der Waals surface area contributed by atoms with Crippen LogP contribution in [0.4, 0.5) is 0 Å². The number of rotatable bonds is 6. The lowest BCUT2D eigenvalue weighted by Gasteiger charge is -2.07. The Labute approximate surface area is 154 Å². The summed E-state index contributed by atoms with van der Waals surface area (Å²) in [6.07, 6.45) is 2.13. The first-order chi connectivity index (χ1) is 12.0. The lowest BCUT2D eigenvalue weighted by Crippen LogP contribution is -2.26. The summed E-state index contributed by atoms with van der Waals surface area (Å²) < 4.78 is 5.48. The first kappa shape index (κ1) is 18.6. The Morgan fingerprint density at radius 2 is 2.08 bits per heavy atom. The molecule has 6 heteroatoms. The van der Waals surface area contributed by atoms with Crippen LogP contribution in [0.5, 0.6) is 11.5 Å². The van der Waals surface area contributed by atoms with E-state index < -0.39 is 5.91 Å². The van der Waals surface area contributed by atoms with Gasteiger partial charge in [-0.15, -0.1) is 0 Å². The van der Waals surface area contributed by atoms with Gasteiger partial charge in [0.1, 0.15) is 11.6 Å². The number of phenolic OH excluding ortho intramolecular Hbond substituents is 1. The van der Waals surface area contributed by atoms with E-state index in [0.717, 1.165) is 5.56 Å². The van der Waals surface area contributed by atoms with Gasteiger partial charge in [0.15, 0.2) is 11.5 Å². The van der Waals surface area contributed by atoms with E-state index in [2.05, 4.69) is 21.2 Å². The van der Waals surface area contributed by atoms with Gasteiger partial charge in [-0.05, 0) is 51.7 Å². The van der Waals surface area contributed by atoms with Crippen molar-refractivity contribution >= 4 is 27.9 Å². The average molecular weight is 401 g/mol. The molecule has 1 amide bonds. The molecule has 0 aliphatic carbocycles. The lowest BCUT2D eigenvalue weighted by atomic mass is 10.1. The minimum Gasteiger partial charge on any atom is -0.503 e. The third-order valence-electron chi connectivity index (χ3n) is 3.49. The zero-order chi connectivity index (χ0) is 18.2. The van der Waals surface area contributed by atoms with Crippen LogP contribution in [-0.4, -0.2) is 24.7 Å². The van der Waals surface area contributed by atoms with Crippen molar-refractivity contribution in [2.45, 2.75) is 6.42 Å². The number of carbonyl (C=O) groups excluding carboxylic acids is 1. The third-order valence-corrected chi connectivity index (χ3v) is 4.09. The smallest absolute Gasteiger partial charge is 0.261 e. The molecular weight excluding hydrogens is 384 g/mol. The molecule has 2 aromatic rings. The number of nitrogens with zero attached hydrogens (tertiary/aromatic N) is 1. The highest BCUT2D eigenvalue weighted by Gasteiger charge is 2.11. The van der Waals surface area contributed by atoms with Crippen LogP contribution in [0, 0.1) is 11.3 Å². The predicted octanol–water partition coefficient (Wildman–Crippen LogP) is 3.43. The Hall–Kier alpha value is -2.78. The van der Waals surface area contributed by atoms with Crippen molar-refractivity contribution in [3.05, 3.63) is 63.6 Å². The summed E-state index contributed by atoms with van der Waals surface area (Å²) >= 11 is 3.21. The second-order valence-corrected chi connectivity index (χ2v) is 6.07. The van der Waals surface area contributed by atoms with E-state index in [1.54, 1.807) is 12.1 Å². The summed E-state index contributed by atoms with van der Waals surface area (Å²) in [5.41, 5.74) is 1.65. The summed E-state index contributed by atoms with van der Waals surface area (Å²) in [6.45, 7) is 0.435. The fourth-order valence-electron chi connectivity index (χ4n) is 2.21. The minimum absolute atomic E-state index is 0.0206. The number of halogens is 1. The van der Waals surface area contributed by atoms with Crippen LogP contribution in [0.15, 0.2) is 52.5 Å². The Kier molecular flexibility index (Phi) is 6.61. The molecule has 0 aromatic heterocycles. The van der Waals surface area contributed by atoms with Gasteiger partial charge in [-0.3, -0.25) is 4.79 Å². The zero-order valence-corrected chi connectivity index (χ0v) is 15.2. The number of methoxy groups -OCH3 is 1. The topological polar surface area (TPSA) is 82.3 Å². The van der Waals surface area contributed by atoms with Crippen LogP contribution >= 0.6 is 15.9 Å². The Bertz CT molecular complexity index is 827. The normalized spacial score (nSPS) is 10.8. The van der Waals surface area contributed by atoms with Gasteiger partial charge in [-0.1, -0.05) is 30.3 Å². The number of benzene rings is 2. The first-order valence-electron chi connectivity index (χ1n) is 7.55. The summed E-state index contributed by atoms with van der Waals surface area (Å²) in [6, 6.07) is 14.8. The van der Waals surface area contributed by atoms with E-state index in [1.165, 1.54) is 13.2 Å². The number of nitriles is 1. The van der Waals surface area contributed by atoms with E-state index >= 15 is 0 Å². The molecule has 128 valence electrons. The molecule has 0 fully saturated rings. The first-order valence-corrected chi connectivity index (χ1v) is 8.35. The monoisotopic (exact) mass is 400 g/mol. The molecule has 0 heterocycles. The van der Waals surface area contributed by atoms with E-state index in [-0.39, 0.29) is 17.1 Å². The second-order valence-electron chi connectivity index (χ2n) is 5.21. The number of carbonyl (C=O) groups is 1. The van der Waals surface area contributed by atoms with E-state index in [4.69, 9.17) is 4.74 Å². The maximum atomic E-state index is 12.2. The SMILES string of the molecule is COc1cc(/C=C(\C#N)C(=O)NCCc2ccccc2)cc(Br)c1O. The van der Waals surface area contributed by atoms with Gasteiger partial charge in [-0.25, -0.2) is 0 Å². The van der Waals surface area contributed by atoms with Crippen molar-refractivity contribution in [3.63, 3.8) is 0 Å². The number of nitrogens with one attached hydrogen (secondary N) is 1. The highest BCUT2D eigenvalue weighted by molar-refractivity contribution is 9.10. The van der Waals surface area contributed by atoms with Gasteiger partial charge in [0.2, 0.25) is 0 Å². The van der Waals surface area contributed by atoms with Crippen molar-refractivity contribution in [2.24, 2.45) is 0 Å². The Balaban J connectivity index is 2.08. The minimum atomic E-state index is -0.443. The molecule has 0 unspecified atom stereocenters. The molecule has 0 saturated carbocycles. The van der Waals surface area contributed by atoms with Crippen molar-refractivity contribution in [2.75, 3.05) is 13.7 Å². The fourth-order valence-corrected chi connectivity index (χ4v) is 2.67. The summed E-state index contributed by atoms with van der Waals surface area (Å²) in [7, 11) is 1.43. The fraction of sp³-hybridized carbons (Fsp3) is 0.158. The number of phenols is 1. The highest BCUT2D eigenvalue weighted by atomic mass is 79.9. The summed E-state index contributed by atoms with van der Waals surface area (Å²) in [4.78, 5) is 12.2. The van der Waals surface area contributed by atoms with Gasteiger partial charge in [-0.2, -0.15) is 5.26 Å². The number of aromatic hydroxyl groups is 1. The maximum absolute atomic E-state index is 12.2. The molecule has 0 spiro atoms. The molecule has 0 radical (unpaired) electrons. The van der Waals surface area contributed by atoms with Crippen LogP contribution in [0.1, 0.15) is 11.1 Å². The number of amides is 1. The van der Waals surface area contributed by atoms with Gasteiger partial charge < -0.3 is 15.2 Å². The number of hydrogen-bond acceptors (Lipinski definition) is 4. The van der Waals surface area contributed by atoms with Gasteiger partial charge in [0.05, 0.1) is 11.6 Å². The molecule has 2 rings (SSSR count). The van der Waals surface area contributed by atoms with E-state index in [0.29, 0.717) is 23.0 Å². The molecule has 5 nitrogen and oxygen atoms in total. The van der Waals surface area contributed by atoms with Gasteiger partial charge in [0, 0.05) is 6.54 Å². The van der Waals surface area contributed by atoms with Crippen molar-refractivity contribution in [1.82, 2.24) is 5.32 Å². The molecule has 0 saturated heterocycles. The van der Waals surface area contributed by atoms with Crippen LogP contribution in [-0.2, 0) is 11.2 Å². The Morgan fingerprint density at radius 1 is 1.36 bits per heavy atom. The van der Waals surface area contributed by atoms with E-state index in [1.807, 2.05) is 36.4 Å². The van der Waals surface area contributed by atoms with E-state index in [9.17, 15) is 15.2 Å². The summed E-state index contributed by atoms with van der Waals surface area (Å²) in [5, 5.41) is 21.8. The van der Waals surface area contributed by atoms with Crippen LogP contribution in [0.3, 0.4) is 0 Å². The molecule has 0 aliphatic heterocycles. The van der Waals surface area contributed by atoms with Crippen LogP contribution < -0.4 is 10.1 Å². The molecule has 0 bridgehead atoms. The predicted molar refractivity (Wildman–Crippen MR) is 99.1 cm³/mol. The molecule has 2 aromatic carbocycles. The third kappa shape index (κ3) is 5.10. The van der Waals surface area contributed by atoms with Gasteiger partial charge in [0.25, 0.3) is 5.91 Å². The van der Waals surface area contributed by atoms with Gasteiger partial charge >= 0.3 is 0 Å². The lowest BCUT2D eigenvalue weighted by molar-refractivity contribution is -0.117. The molecule has 0 aliphatic rings. The Morgan fingerprint density at radius 3 is 2.72 bits per heavy atom. The number of hydrogen-bond donors (Lipinski definition) is 2. The number of ether oxygens (including phenoxy) is 1. The second kappa shape index (κ2) is 8.90. The quantitative estimate of drug-likeness (QED) is 0.574. The average Bonchev–Trinajstić information content (AvgIpc) is 2.63. The largest absolute Gasteiger partial charge is 0.503 e. The van der Waals surface area contributed by atoms with Crippen LogP contribution in [0.2, 0.25) is 0 Å². The highest BCUT2D eigenvalue weighted by Crippen LogP contribution is 2.35. The van der Waals surface area contributed by atoms with Crippen LogP contribution in [0.25, 0.3) is 6.08 Å². The van der Waals surface area contributed by atoms with Crippen molar-refractivity contribution in [3.8, 4) is 17.6 Å². The zero-order valence-electron chi connectivity index (χ0n) is 13.6. The molecule has 25 heavy (non-hydrogen) atoms. The molecular formula is C19H17BrN2O3. The van der Waals surface area contributed by atoms with Crippen molar-refractivity contribution < 1.29 is 14.6 Å². The summed E-state index contributed by atoms with van der Waals surface area (Å²) in [5.74, 6) is -0.227. The van der Waals surface area contributed by atoms with Crippen molar-refractivity contribution in [1.29, 1.82) is 5.26 Å².